The van der Waals surface area contributed by atoms with E-state index in [4.69, 9.17) is 25.8 Å². The number of methoxy groups -OCH3 is 1. The van der Waals surface area contributed by atoms with Gasteiger partial charge in [-0.1, -0.05) is 48.0 Å². The molecule has 0 aliphatic carbocycles. The standard InChI is InChI=1S/C28H28ClN7O3/c1-37-25-17-20(11-12-24(25)39-19-21-7-5-6-10-23(21)29)18-30-35-27-32-26(31-22-8-3-2-4-9-22)33-28(34-27)36-13-15-38-16-14-36/h2-12,17-18H,13-16,19H2,1H3,(H2,31,32,33,34,35)/b30-18-. The molecule has 0 spiro atoms. The maximum atomic E-state index is 6.24. The Kier molecular flexibility index (Phi) is 8.67. The molecule has 0 atom stereocenters. The molecule has 0 amide bonds. The van der Waals surface area contributed by atoms with E-state index < -0.39 is 0 Å². The van der Waals surface area contributed by atoms with Crippen LogP contribution in [0, 0.1) is 0 Å². The number of hydrogen-bond donors (Lipinski definition) is 2. The molecule has 3 aromatic carbocycles. The highest BCUT2D eigenvalue weighted by atomic mass is 35.5. The topological polar surface area (TPSA) is 106 Å². The number of morpholine rings is 1. The van der Waals surface area contributed by atoms with Crippen molar-refractivity contribution < 1.29 is 14.2 Å². The zero-order chi connectivity index (χ0) is 26.9. The van der Waals surface area contributed by atoms with Gasteiger partial charge in [-0.3, -0.25) is 0 Å². The first-order valence-electron chi connectivity index (χ1n) is 12.4. The Morgan fingerprint density at radius 2 is 1.72 bits per heavy atom. The second-order valence-electron chi connectivity index (χ2n) is 8.53. The number of nitrogens with zero attached hydrogens (tertiary/aromatic N) is 5. The van der Waals surface area contributed by atoms with Crippen molar-refractivity contribution in [2.24, 2.45) is 5.10 Å². The van der Waals surface area contributed by atoms with Gasteiger partial charge >= 0.3 is 0 Å². The molecule has 0 unspecified atom stereocenters. The van der Waals surface area contributed by atoms with E-state index in [1.165, 1.54) is 0 Å². The Labute approximate surface area is 231 Å². The molecule has 1 aliphatic heterocycles. The summed E-state index contributed by atoms with van der Waals surface area (Å²) in [7, 11) is 1.59. The quantitative estimate of drug-likeness (QED) is 0.207. The summed E-state index contributed by atoms with van der Waals surface area (Å²) in [5.41, 5.74) is 5.49. The summed E-state index contributed by atoms with van der Waals surface area (Å²) in [6.45, 7) is 2.96. The lowest BCUT2D eigenvalue weighted by Crippen LogP contribution is -2.37. The molecule has 10 nitrogen and oxygen atoms in total. The number of rotatable bonds is 10. The van der Waals surface area contributed by atoms with Crippen LogP contribution >= 0.6 is 11.6 Å². The number of hydrogen-bond acceptors (Lipinski definition) is 10. The number of benzene rings is 3. The van der Waals surface area contributed by atoms with E-state index in [1.54, 1.807) is 13.3 Å². The van der Waals surface area contributed by atoms with Gasteiger partial charge in [-0.2, -0.15) is 20.1 Å². The molecule has 1 aliphatic rings. The highest BCUT2D eigenvalue weighted by Gasteiger charge is 2.17. The zero-order valence-corrected chi connectivity index (χ0v) is 22.1. The van der Waals surface area contributed by atoms with Gasteiger partial charge in [-0.25, -0.2) is 5.43 Å². The van der Waals surface area contributed by atoms with Gasteiger partial charge in [0.05, 0.1) is 26.5 Å². The number of anilines is 4. The van der Waals surface area contributed by atoms with Crippen molar-refractivity contribution in [3.8, 4) is 11.5 Å². The third-order valence-electron chi connectivity index (χ3n) is 5.85. The third kappa shape index (κ3) is 7.13. The van der Waals surface area contributed by atoms with E-state index in [0.29, 0.717) is 67.3 Å². The Morgan fingerprint density at radius 3 is 2.51 bits per heavy atom. The van der Waals surface area contributed by atoms with Crippen LogP contribution in [0.15, 0.2) is 77.9 Å². The van der Waals surface area contributed by atoms with Crippen molar-refractivity contribution >= 4 is 41.3 Å². The molecule has 200 valence electrons. The lowest BCUT2D eigenvalue weighted by atomic mass is 10.2. The van der Waals surface area contributed by atoms with Gasteiger partial charge in [-0.15, -0.1) is 0 Å². The van der Waals surface area contributed by atoms with Crippen molar-refractivity contribution in [1.82, 2.24) is 15.0 Å². The number of para-hydroxylation sites is 1. The van der Waals surface area contributed by atoms with Gasteiger partial charge in [0.1, 0.15) is 6.61 Å². The molecular formula is C28H28ClN7O3. The fourth-order valence-corrected chi connectivity index (χ4v) is 4.04. The maximum absolute atomic E-state index is 6.24. The van der Waals surface area contributed by atoms with Crippen LogP contribution in [-0.4, -0.2) is 54.6 Å². The smallest absolute Gasteiger partial charge is 0.250 e. The fourth-order valence-electron chi connectivity index (χ4n) is 3.85. The van der Waals surface area contributed by atoms with Crippen LogP contribution in [-0.2, 0) is 11.3 Å². The van der Waals surface area contributed by atoms with Crippen molar-refractivity contribution in [3.63, 3.8) is 0 Å². The van der Waals surface area contributed by atoms with Gasteiger partial charge < -0.3 is 24.4 Å². The van der Waals surface area contributed by atoms with Gasteiger partial charge in [0.15, 0.2) is 11.5 Å². The normalized spacial score (nSPS) is 13.3. The summed E-state index contributed by atoms with van der Waals surface area (Å²) in [6.07, 6.45) is 1.66. The average Bonchev–Trinajstić information content (AvgIpc) is 2.98. The lowest BCUT2D eigenvalue weighted by molar-refractivity contribution is 0.122. The summed E-state index contributed by atoms with van der Waals surface area (Å²) in [5.74, 6) is 2.46. The molecule has 1 aromatic heterocycles. The van der Waals surface area contributed by atoms with Crippen molar-refractivity contribution in [3.05, 3.63) is 88.9 Å². The van der Waals surface area contributed by atoms with Crippen molar-refractivity contribution in [2.45, 2.75) is 6.61 Å². The van der Waals surface area contributed by atoms with Crippen LogP contribution in [0.25, 0.3) is 0 Å². The molecule has 4 aromatic rings. The molecule has 11 heteroatoms. The molecule has 0 bridgehead atoms. The zero-order valence-electron chi connectivity index (χ0n) is 21.4. The Hall–Kier alpha value is -4.41. The van der Waals surface area contributed by atoms with Gasteiger partial charge in [0, 0.05) is 29.4 Å². The Balaban J connectivity index is 1.29. The molecule has 1 fully saturated rings. The minimum absolute atomic E-state index is 0.313. The second-order valence-corrected chi connectivity index (χ2v) is 8.94. The molecule has 2 heterocycles. The van der Waals surface area contributed by atoms with Crippen LogP contribution in [0.2, 0.25) is 5.02 Å². The van der Waals surface area contributed by atoms with Crippen LogP contribution in [0.5, 0.6) is 11.5 Å². The lowest BCUT2D eigenvalue weighted by Gasteiger charge is -2.27. The van der Waals surface area contributed by atoms with Crippen LogP contribution < -0.4 is 25.1 Å². The van der Waals surface area contributed by atoms with Gasteiger partial charge in [0.2, 0.25) is 17.8 Å². The number of ether oxygens (including phenoxy) is 3. The van der Waals surface area contributed by atoms with Crippen LogP contribution in [0.4, 0.5) is 23.5 Å². The predicted octanol–water partition coefficient (Wildman–Crippen LogP) is 5.14. The Bertz CT molecular complexity index is 1420. The molecule has 1 saturated heterocycles. The van der Waals surface area contributed by atoms with E-state index >= 15 is 0 Å². The van der Waals surface area contributed by atoms with E-state index in [2.05, 4.69) is 35.7 Å². The van der Waals surface area contributed by atoms with E-state index in [9.17, 15) is 0 Å². The highest BCUT2D eigenvalue weighted by molar-refractivity contribution is 6.31. The molecule has 0 saturated carbocycles. The highest BCUT2D eigenvalue weighted by Crippen LogP contribution is 2.29. The third-order valence-corrected chi connectivity index (χ3v) is 6.22. The van der Waals surface area contributed by atoms with Crippen LogP contribution in [0.3, 0.4) is 0 Å². The molecule has 39 heavy (non-hydrogen) atoms. The number of halogens is 1. The maximum Gasteiger partial charge on any atom is 0.250 e. The first-order valence-corrected chi connectivity index (χ1v) is 12.8. The summed E-state index contributed by atoms with van der Waals surface area (Å²) in [6, 6.07) is 22.8. The Morgan fingerprint density at radius 1 is 0.949 bits per heavy atom. The first-order chi connectivity index (χ1) is 19.2. The SMILES string of the molecule is COc1cc(/C=N\Nc2nc(Nc3ccccc3)nc(N3CCOCC3)n2)ccc1OCc1ccccc1Cl. The number of aromatic nitrogens is 3. The minimum Gasteiger partial charge on any atom is -0.493 e. The summed E-state index contributed by atoms with van der Waals surface area (Å²) in [4.78, 5) is 15.7. The largest absolute Gasteiger partial charge is 0.493 e. The molecule has 5 rings (SSSR count). The summed E-state index contributed by atoms with van der Waals surface area (Å²) < 4.78 is 16.9. The van der Waals surface area contributed by atoms with Crippen LogP contribution in [0.1, 0.15) is 11.1 Å². The van der Waals surface area contributed by atoms with Crippen molar-refractivity contribution in [1.29, 1.82) is 0 Å². The van der Waals surface area contributed by atoms with Gasteiger partial charge in [-0.05, 0) is 42.0 Å². The van der Waals surface area contributed by atoms with Crippen molar-refractivity contribution in [2.75, 3.05) is 49.1 Å². The summed E-state index contributed by atoms with van der Waals surface area (Å²) in [5, 5.41) is 8.23. The molecule has 2 N–H and O–H groups in total. The second kappa shape index (κ2) is 12.9. The predicted molar refractivity (Wildman–Crippen MR) is 153 cm³/mol. The first kappa shape index (κ1) is 26.2. The van der Waals surface area contributed by atoms with Gasteiger partial charge in [0.25, 0.3) is 0 Å². The number of nitrogens with one attached hydrogen (secondary N) is 2. The average molecular weight is 546 g/mol. The van der Waals surface area contributed by atoms with E-state index in [1.807, 2.05) is 72.8 Å². The number of hydrazone groups is 1. The fraction of sp³-hybridized carbons (Fsp3) is 0.214. The monoisotopic (exact) mass is 545 g/mol. The minimum atomic E-state index is 0.313. The van der Waals surface area contributed by atoms with E-state index in [0.717, 1.165) is 16.8 Å². The molecule has 0 radical (unpaired) electrons. The molecular weight excluding hydrogens is 518 g/mol. The van der Waals surface area contributed by atoms with E-state index in [-0.39, 0.29) is 0 Å². The summed E-state index contributed by atoms with van der Waals surface area (Å²) >= 11 is 6.24.